The first-order valence-electron chi connectivity index (χ1n) is 4.61. The fourth-order valence-electron chi connectivity index (χ4n) is 1.31. The van der Waals surface area contributed by atoms with Crippen LogP contribution in [-0.4, -0.2) is 10.3 Å². The molecule has 1 rings (SSSR count). The Hall–Kier alpha value is -0.0800. The summed E-state index contributed by atoms with van der Waals surface area (Å²) in [5, 5.41) is 1.59. The smallest absolute Gasteiger partial charge is 0.131 e. The Morgan fingerprint density at radius 3 is 2.64 bits per heavy atom. The van der Waals surface area contributed by atoms with E-state index < -0.39 is 0 Å². The van der Waals surface area contributed by atoms with E-state index in [9.17, 15) is 0 Å². The van der Waals surface area contributed by atoms with Crippen molar-refractivity contribution in [3.8, 4) is 0 Å². The molecule has 14 heavy (non-hydrogen) atoms. The van der Waals surface area contributed by atoms with Gasteiger partial charge in [-0.15, -0.1) is 0 Å². The quantitative estimate of drug-likeness (QED) is 0.600. The van der Waals surface area contributed by atoms with Crippen molar-refractivity contribution in [2.75, 3.05) is 5.33 Å². The summed E-state index contributed by atoms with van der Waals surface area (Å²) in [4.78, 5) is 4.15. The van der Waals surface area contributed by atoms with Crippen molar-refractivity contribution in [1.29, 1.82) is 0 Å². The Balaban J connectivity index is 2.83. The van der Waals surface area contributed by atoms with E-state index in [4.69, 9.17) is 11.6 Å². The molecule has 0 aliphatic heterocycles. The summed E-state index contributed by atoms with van der Waals surface area (Å²) in [7, 11) is 0. The highest BCUT2D eigenvalue weighted by Crippen LogP contribution is 2.25. The van der Waals surface area contributed by atoms with Gasteiger partial charge in [-0.1, -0.05) is 47.4 Å². The van der Waals surface area contributed by atoms with Crippen molar-refractivity contribution in [1.82, 2.24) is 4.98 Å². The van der Waals surface area contributed by atoms with Crippen molar-refractivity contribution >= 4 is 27.5 Å². The fraction of sp³-hybridized carbons (Fsp3) is 0.545. The number of aryl methyl sites for hydroxylation is 1. The Morgan fingerprint density at radius 1 is 1.50 bits per heavy atom. The third-order valence-electron chi connectivity index (χ3n) is 2.12. The highest BCUT2D eigenvalue weighted by atomic mass is 79.9. The van der Waals surface area contributed by atoms with Crippen LogP contribution in [0.5, 0.6) is 0 Å². The summed E-state index contributed by atoms with van der Waals surface area (Å²) in [6.07, 6.45) is 2.88. The van der Waals surface area contributed by atoms with Gasteiger partial charge in [0.25, 0.3) is 0 Å². The molecular weight excluding hydrogens is 261 g/mol. The number of hydrogen-bond acceptors (Lipinski definition) is 1. The lowest BCUT2D eigenvalue weighted by Gasteiger charge is -2.21. The van der Waals surface area contributed by atoms with Gasteiger partial charge < -0.3 is 0 Å². The lowest BCUT2D eigenvalue weighted by Crippen LogP contribution is -2.16. The molecule has 0 N–H and O–H groups in total. The van der Waals surface area contributed by atoms with Gasteiger partial charge in [0.05, 0.1) is 0 Å². The molecule has 0 aromatic carbocycles. The van der Waals surface area contributed by atoms with Gasteiger partial charge >= 0.3 is 0 Å². The Morgan fingerprint density at radius 2 is 2.14 bits per heavy atom. The maximum Gasteiger partial charge on any atom is 0.131 e. The number of aromatic nitrogens is 1. The van der Waals surface area contributed by atoms with Gasteiger partial charge in [0.15, 0.2) is 0 Å². The molecule has 1 aromatic rings. The molecule has 0 saturated carbocycles. The van der Waals surface area contributed by atoms with Gasteiger partial charge in [0.2, 0.25) is 0 Å². The van der Waals surface area contributed by atoms with Crippen LogP contribution in [0.3, 0.4) is 0 Å². The largest absolute Gasteiger partial charge is 0.244 e. The summed E-state index contributed by atoms with van der Waals surface area (Å²) in [5.74, 6) is 0. The van der Waals surface area contributed by atoms with E-state index >= 15 is 0 Å². The van der Waals surface area contributed by atoms with Crippen molar-refractivity contribution < 1.29 is 0 Å². The highest BCUT2D eigenvalue weighted by Gasteiger charge is 2.17. The normalized spacial score (nSPS) is 11.8. The lowest BCUT2D eigenvalue weighted by atomic mass is 9.88. The van der Waals surface area contributed by atoms with Crippen LogP contribution in [0.2, 0.25) is 5.15 Å². The predicted molar refractivity (Wildman–Crippen MR) is 65.3 cm³/mol. The third-order valence-corrected chi connectivity index (χ3v) is 4.03. The molecule has 0 unspecified atom stereocenters. The van der Waals surface area contributed by atoms with E-state index in [1.54, 1.807) is 0 Å². The highest BCUT2D eigenvalue weighted by molar-refractivity contribution is 9.09. The summed E-state index contributed by atoms with van der Waals surface area (Å²) in [6, 6.07) is 2.11. The molecule has 0 radical (unpaired) electrons. The van der Waals surface area contributed by atoms with Crippen LogP contribution in [0.1, 0.15) is 25.0 Å². The van der Waals surface area contributed by atoms with Gasteiger partial charge in [-0.3, -0.25) is 0 Å². The maximum atomic E-state index is 5.87. The average molecular weight is 277 g/mol. The van der Waals surface area contributed by atoms with Gasteiger partial charge in [-0.2, -0.15) is 0 Å². The topological polar surface area (TPSA) is 12.9 Å². The number of nitrogens with zero attached hydrogens (tertiary/aromatic N) is 1. The second-order valence-electron chi connectivity index (χ2n) is 4.43. The monoisotopic (exact) mass is 275 g/mol. The minimum atomic E-state index is 0.266. The van der Waals surface area contributed by atoms with Crippen LogP contribution >= 0.6 is 27.5 Å². The zero-order chi connectivity index (χ0) is 10.8. The van der Waals surface area contributed by atoms with E-state index in [2.05, 4.69) is 40.8 Å². The zero-order valence-corrected chi connectivity index (χ0v) is 11.1. The first-order chi connectivity index (χ1) is 6.44. The molecule has 0 spiro atoms. The summed E-state index contributed by atoms with van der Waals surface area (Å²) in [5.41, 5.74) is 2.56. The Bertz CT molecular complexity index is 323. The molecule has 0 aliphatic rings. The maximum absolute atomic E-state index is 5.87. The molecule has 0 fully saturated rings. The van der Waals surface area contributed by atoms with Crippen LogP contribution in [0, 0.1) is 12.3 Å². The number of hydrogen-bond donors (Lipinski definition) is 0. The van der Waals surface area contributed by atoms with Gasteiger partial charge in [-0.25, -0.2) is 4.98 Å². The fourth-order valence-corrected chi connectivity index (χ4v) is 1.61. The lowest BCUT2D eigenvalue weighted by molar-refractivity contribution is 0.424. The standard InChI is InChI=1S/C11H15BrClN/c1-8-4-9(6-14-10(8)13)5-11(2,3)7-12/h4,6H,5,7H2,1-3H3. The Labute approximate surface area is 99.0 Å². The minimum Gasteiger partial charge on any atom is -0.244 e. The van der Waals surface area contributed by atoms with Crippen molar-refractivity contribution in [2.24, 2.45) is 5.41 Å². The van der Waals surface area contributed by atoms with Crippen LogP contribution in [0.4, 0.5) is 0 Å². The number of halogens is 2. The number of pyridine rings is 1. The average Bonchev–Trinajstić information content (AvgIpc) is 2.11. The molecule has 1 nitrogen and oxygen atoms in total. The molecular formula is C11H15BrClN. The van der Waals surface area contributed by atoms with E-state index in [0.29, 0.717) is 5.15 Å². The molecule has 3 heteroatoms. The van der Waals surface area contributed by atoms with Crippen LogP contribution in [-0.2, 0) is 6.42 Å². The van der Waals surface area contributed by atoms with Crippen molar-refractivity contribution in [3.05, 3.63) is 28.5 Å². The number of rotatable bonds is 3. The molecule has 1 heterocycles. The van der Waals surface area contributed by atoms with Crippen molar-refractivity contribution in [3.63, 3.8) is 0 Å². The summed E-state index contributed by atoms with van der Waals surface area (Å²) in [6.45, 7) is 6.44. The van der Waals surface area contributed by atoms with Gasteiger partial charge in [0, 0.05) is 11.5 Å². The second-order valence-corrected chi connectivity index (χ2v) is 5.34. The first kappa shape index (κ1) is 12.0. The van der Waals surface area contributed by atoms with E-state index in [-0.39, 0.29) is 5.41 Å². The minimum absolute atomic E-state index is 0.266. The van der Waals surface area contributed by atoms with Gasteiger partial charge in [-0.05, 0) is 29.9 Å². The van der Waals surface area contributed by atoms with Crippen LogP contribution < -0.4 is 0 Å². The molecule has 0 aliphatic carbocycles. The molecule has 0 atom stereocenters. The van der Waals surface area contributed by atoms with E-state index in [1.165, 1.54) is 5.56 Å². The predicted octanol–water partition coefficient (Wildman–Crippen LogP) is 4.01. The van der Waals surface area contributed by atoms with Crippen LogP contribution in [0.15, 0.2) is 12.3 Å². The van der Waals surface area contributed by atoms with Gasteiger partial charge in [0.1, 0.15) is 5.15 Å². The second kappa shape index (κ2) is 4.63. The first-order valence-corrected chi connectivity index (χ1v) is 6.11. The molecule has 0 amide bonds. The molecule has 1 aromatic heterocycles. The Kier molecular flexibility index (Phi) is 3.96. The van der Waals surface area contributed by atoms with Crippen LogP contribution in [0.25, 0.3) is 0 Å². The van der Waals surface area contributed by atoms with E-state index in [1.807, 2.05) is 13.1 Å². The SMILES string of the molecule is Cc1cc(CC(C)(C)CBr)cnc1Cl. The summed E-state index contributed by atoms with van der Waals surface area (Å²) < 4.78 is 0. The zero-order valence-electron chi connectivity index (χ0n) is 8.77. The molecule has 0 saturated heterocycles. The molecule has 0 bridgehead atoms. The molecule has 78 valence electrons. The number of alkyl halides is 1. The van der Waals surface area contributed by atoms with Crippen molar-refractivity contribution in [2.45, 2.75) is 27.2 Å². The van der Waals surface area contributed by atoms with E-state index in [0.717, 1.165) is 17.3 Å². The third kappa shape index (κ3) is 3.25. The summed E-state index contributed by atoms with van der Waals surface area (Å²) >= 11 is 9.38.